The molecule has 66 valence electrons. The highest BCUT2D eigenvalue weighted by atomic mass is 127. The molecule has 0 saturated heterocycles. The Morgan fingerprint density at radius 1 is 1.33 bits per heavy atom. The van der Waals surface area contributed by atoms with Crippen molar-refractivity contribution >= 4 is 22.6 Å². The first kappa shape index (κ1) is 9.69. The lowest BCUT2D eigenvalue weighted by Gasteiger charge is -2.08. The minimum atomic E-state index is -4.67. The number of aromatic nitrogens is 1. The summed E-state index contributed by atoms with van der Waals surface area (Å²) in [5.41, 5.74) is -1.30. The lowest BCUT2D eigenvalue weighted by atomic mass is 10.3. The second kappa shape index (κ2) is 3.15. The Kier molecular flexibility index (Phi) is 2.55. The Bertz CT molecular complexity index is 276. The molecule has 0 amide bonds. The molecule has 0 unspecified atom stereocenters. The third kappa shape index (κ3) is 1.85. The van der Waals surface area contributed by atoms with Gasteiger partial charge < -0.3 is 0 Å². The van der Waals surface area contributed by atoms with Crippen molar-refractivity contribution in [3.05, 3.63) is 27.3 Å². The van der Waals surface area contributed by atoms with Gasteiger partial charge in [0.15, 0.2) is 0 Å². The van der Waals surface area contributed by atoms with Crippen LogP contribution in [0.25, 0.3) is 0 Å². The van der Waals surface area contributed by atoms with Crippen molar-refractivity contribution in [1.82, 2.24) is 4.98 Å². The zero-order valence-electron chi connectivity index (χ0n) is 5.49. The van der Waals surface area contributed by atoms with Crippen molar-refractivity contribution in [3.63, 3.8) is 0 Å². The molecule has 0 N–H and O–H groups in total. The maximum atomic E-state index is 12.5. The van der Waals surface area contributed by atoms with Crippen LogP contribution in [0, 0.1) is 9.52 Å². The van der Waals surface area contributed by atoms with Crippen LogP contribution in [0.4, 0.5) is 17.6 Å². The Balaban J connectivity index is 3.31. The van der Waals surface area contributed by atoms with Crippen LogP contribution in [0.3, 0.4) is 0 Å². The molecule has 0 aromatic carbocycles. The van der Waals surface area contributed by atoms with Crippen LogP contribution in [0.1, 0.15) is 5.56 Å². The standard InChI is InChI=1S/C6H2F4IN/c7-5-4(6(8,9)10)3(11)1-2-12-5/h1-2H. The summed E-state index contributed by atoms with van der Waals surface area (Å²) in [7, 11) is 0. The zero-order chi connectivity index (χ0) is 9.35. The van der Waals surface area contributed by atoms with Crippen LogP contribution >= 0.6 is 22.6 Å². The average molecular weight is 291 g/mol. The number of hydrogen-bond acceptors (Lipinski definition) is 1. The number of hydrogen-bond donors (Lipinski definition) is 0. The van der Waals surface area contributed by atoms with Crippen LogP contribution in [-0.2, 0) is 6.18 Å². The molecule has 1 rings (SSSR count). The predicted molar refractivity (Wildman–Crippen MR) is 41.9 cm³/mol. The Morgan fingerprint density at radius 3 is 2.25 bits per heavy atom. The zero-order valence-corrected chi connectivity index (χ0v) is 7.65. The van der Waals surface area contributed by atoms with E-state index in [0.717, 1.165) is 12.3 Å². The fraction of sp³-hybridized carbons (Fsp3) is 0.167. The SMILES string of the molecule is Fc1nccc(I)c1C(F)(F)F. The van der Waals surface area contributed by atoms with Crippen molar-refractivity contribution in [2.24, 2.45) is 0 Å². The Morgan fingerprint density at radius 2 is 1.92 bits per heavy atom. The number of nitrogens with zero attached hydrogens (tertiary/aromatic N) is 1. The van der Waals surface area contributed by atoms with Gasteiger partial charge in [0.2, 0.25) is 5.95 Å². The molecular formula is C6H2F4IN. The topological polar surface area (TPSA) is 12.9 Å². The molecule has 1 nitrogen and oxygen atoms in total. The Hall–Kier alpha value is -0.400. The van der Waals surface area contributed by atoms with E-state index in [0.29, 0.717) is 0 Å². The lowest BCUT2D eigenvalue weighted by molar-refractivity contribution is -0.141. The van der Waals surface area contributed by atoms with Gasteiger partial charge in [-0.1, -0.05) is 0 Å². The molecule has 0 aliphatic rings. The molecule has 0 bridgehead atoms. The van der Waals surface area contributed by atoms with Crippen molar-refractivity contribution in [2.45, 2.75) is 6.18 Å². The molecule has 0 spiro atoms. The van der Waals surface area contributed by atoms with Gasteiger partial charge in [0.25, 0.3) is 0 Å². The smallest absolute Gasteiger partial charge is 0.228 e. The third-order valence-corrected chi connectivity index (χ3v) is 2.04. The van der Waals surface area contributed by atoms with E-state index in [1.807, 2.05) is 0 Å². The predicted octanol–water partition coefficient (Wildman–Crippen LogP) is 2.84. The highest BCUT2D eigenvalue weighted by molar-refractivity contribution is 14.1. The molecule has 0 atom stereocenters. The quantitative estimate of drug-likeness (QED) is 0.407. The van der Waals surface area contributed by atoms with E-state index in [-0.39, 0.29) is 3.57 Å². The largest absolute Gasteiger partial charge is 0.421 e. The number of halogens is 5. The van der Waals surface area contributed by atoms with Crippen molar-refractivity contribution in [2.75, 3.05) is 0 Å². The summed E-state index contributed by atoms with van der Waals surface area (Å²) in [6.45, 7) is 0. The van der Waals surface area contributed by atoms with Crippen LogP contribution in [0.5, 0.6) is 0 Å². The minimum Gasteiger partial charge on any atom is -0.228 e. The molecule has 12 heavy (non-hydrogen) atoms. The van der Waals surface area contributed by atoms with Crippen molar-refractivity contribution in [1.29, 1.82) is 0 Å². The summed E-state index contributed by atoms with van der Waals surface area (Å²) in [4.78, 5) is 2.91. The second-order valence-corrected chi connectivity index (χ2v) is 3.12. The maximum Gasteiger partial charge on any atom is 0.421 e. The van der Waals surface area contributed by atoms with E-state index < -0.39 is 17.7 Å². The van der Waals surface area contributed by atoms with Crippen LogP contribution in [0.15, 0.2) is 12.3 Å². The summed E-state index contributed by atoms with van der Waals surface area (Å²) in [6, 6.07) is 1.10. The van der Waals surface area contributed by atoms with E-state index in [1.165, 1.54) is 22.6 Å². The van der Waals surface area contributed by atoms with E-state index in [4.69, 9.17) is 0 Å². The first-order valence-corrected chi connectivity index (χ1v) is 3.88. The summed E-state index contributed by atoms with van der Waals surface area (Å²) >= 11 is 1.41. The van der Waals surface area contributed by atoms with Crippen molar-refractivity contribution in [3.8, 4) is 0 Å². The van der Waals surface area contributed by atoms with Gasteiger partial charge in [-0.2, -0.15) is 17.6 Å². The highest BCUT2D eigenvalue weighted by Gasteiger charge is 2.36. The van der Waals surface area contributed by atoms with Crippen LogP contribution in [-0.4, -0.2) is 4.98 Å². The number of alkyl halides is 3. The summed E-state index contributed by atoms with van der Waals surface area (Å²) in [6.07, 6.45) is -3.68. The summed E-state index contributed by atoms with van der Waals surface area (Å²) in [5.74, 6) is -1.48. The van der Waals surface area contributed by atoms with Gasteiger partial charge in [0, 0.05) is 9.77 Å². The molecule has 0 aliphatic carbocycles. The molecule has 0 saturated carbocycles. The van der Waals surface area contributed by atoms with Crippen molar-refractivity contribution < 1.29 is 17.6 Å². The summed E-state index contributed by atoms with van der Waals surface area (Å²) < 4.78 is 48.4. The third-order valence-electron chi connectivity index (χ3n) is 1.14. The van der Waals surface area contributed by atoms with Gasteiger partial charge in [-0.15, -0.1) is 0 Å². The van der Waals surface area contributed by atoms with E-state index >= 15 is 0 Å². The van der Waals surface area contributed by atoms with E-state index in [2.05, 4.69) is 4.98 Å². The lowest BCUT2D eigenvalue weighted by Crippen LogP contribution is -2.11. The van der Waals surface area contributed by atoms with Crippen LogP contribution < -0.4 is 0 Å². The molecule has 1 aromatic heterocycles. The molecule has 0 fully saturated rings. The van der Waals surface area contributed by atoms with E-state index in [9.17, 15) is 17.6 Å². The molecule has 1 aromatic rings. The highest BCUT2D eigenvalue weighted by Crippen LogP contribution is 2.33. The van der Waals surface area contributed by atoms with Crippen LogP contribution in [0.2, 0.25) is 0 Å². The maximum absolute atomic E-state index is 12.5. The van der Waals surface area contributed by atoms with Gasteiger partial charge >= 0.3 is 6.18 Å². The molecule has 0 radical (unpaired) electrons. The molecule has 0 aliphatic heterocycles. The average Bonchev–Trinajstić information content (AvgIpc) is 1.82. The molecule has 1 heterocycles. The van der Waals surface area contributed by atoms with Gasteiger partial charge in [-0.25, -0.2) is 4.98 Å². The number of rotatable bonds is 0. The second-order valence-electron chi connectivity index (χ2n) is 1.96. The Labute approximate surface area is 78.9 Å². The fourth-order valence-corrected chi connectivity index (χ4v) is 1.36. The fourth-order valence-electron chi connectivity index (χ4n) is 0.667. The first-order chi connectivity index (χ1) is 5.43. The van der Waals surface area contributed by atoms with Gasteiger partial charge in [0.1, 0.15) is 5.56 Å². The normalized spacial score (nSPS) is 11.8. The minimum absolute atomic E-state index is 0.187. The molecule has 6 heteroatoms. The monoisotopic (exact) mass is 291 g/mol. The molecular weight excluding hydrogens is 289 g/mol. The number of pyridine rings is 1. The first-order valence-electron chi connectivity index (χ1n) is 2.80. The summed E-state index contributed by atoms with van der Waals surface area (Å²) in [5, 5.41) is 0. The van der Waals surface area contributed by atoms with Gasteiger partial charge in [0.05, 0.1) is 0 Å². The van der Waals surface area contributed by atoms with E-state index in [1.54, 1.807) is 0 Å². The van der Waals surface area contributed by atoms with Gasteiger partial charge in [-0.05, 0) is 28.7 Å². The van der Waals surface area contributed by atoms with Gasteiger partial charge in [-0.3, -0.25) is 0 Å².